The molecule has 156 valence electrons. The number of nitrogens with zero attached hydrogens (tertiary/aromatic N) is 2. The SMILES string of the molecule is CCCCCCC(C)NC(=NC)NCc1ccc(S(=O)(=O)N(C)C)cc1.I. The molecule has 0 radical (unpaired) electrons. The van der Waals surface area contributed by atoms with Gasteiger partial charge in [0.1, 0.15) is 0 Å². The van der Waals surface area contributed by atoms with Gasteiger partial charge in [0.25, 0.3) is 0 Å². The number of hydrogen-bond donors (Lipinski definition) is 2. The molecule has 0 aliphatic rings. The average Bonchev–Trinajstić information content (AvgIpc) is 2.62. The van der Waals surface area contributed by atoms with Gasteiger partial charge < -0.3 is 10.6 Å². The van der Waals surface area contributed by atoms with E-state index < -0.39 is 10.0 Å². The fraction of sp³-hybridized carbons (Fsp3) is 0.632. The van der Waals surface area contributed by atoms with Crippen LogP contribution in [0.25, 0.3) is 0 Å². The number of nitrogens with one attached hydrogen (secondary N) is 2. The first-order valence-corrected chi connectivity index (χ1v) is 10.7. The molecule has 27 heavy (non-hydrogen) atoms. The molecule has 0 amide bonds. The van der Waals surface area contributed by atoms with Crippen LogP contribution in [0.1, 0.15) is 51.5 Å². The van der Waals surface area contributed by atoms with Crippen LogP contribution in [0, 0.1) is 0 Å². The predicted octanol–water partition coefficient (Wildman–Crippen LogP) is 3.58. The number of unbranched alkanes of at least 4 members (excludes halogenated alkanes) is 3. The predicted molar refractivity (Wildman–Crippen MR) is 124 cm³/mol. The van der Waals surface area contributed by atoms with Crippen molar-refractivity contribution in [2.45, 2.75) is 63.4 Å². The molecule has 1 rings (SSSR count). The fourth-order valence-corrected chi connectivity index (χ4v) is 3.46. The molecule has 8 heteroatoms. The molecule has 0 spiro atoms. The average molecular weight is 510 g/mol. The Morgan fingerprint density at radius 2 is 1.78 bits per heavy atom. The van der Waals surface area contributed by atoms with Gasteiger partial charge in [0, 0.05) is 33.7 Å². The maximum absolute atomic E-state index is 12.1. The van der Waals surface area contributed by atoms with Crippen molar-refractivity contribution in [3.63, 3.8) is 0 Å². The Hall–Kier alpha value is -0.870. The Labute approximate surface area is 182 Å². The minimum Gasteiger partial charge on any atom is -0.354 e. The van der Waals surface area contributed by atoms with Gasteiger partial charge in [-0.2, -0.15) is 0 Å². The zero-order chi connectivity index (χ0) is 19.6. The molecule has 0 bridgehead atoms. The Morgan fingerprint density at radius 1 is 1.15 bits per heavy atom. The van der Waals surface area contributed by atoms with Crippen molar-refractivity contribution in [3.8, 4) is 0 Å². The van der Waals surface area contributed by atoms with Crippen LogP contribution < -0.4 is 10.6 Å². The molecular weight excluding hydrogens is 475 g/mol. The molecule has 1 atom stereocenters. The summed E-state index contributed by atoms with van der Waals surface area (Å²) in [5.41, 5.74) is 1.00. The van der Waals surface area contributed by atoms with E-state index in [-0.39, 0.29) is 24.0 Å². The molecule has 0 aliphatic carbocycles. The number of halogens is 1. The van der Waals surface area contributed by atoms with Crippen LogP contribution in [0.2, 0.25) is 0 Å². The Morgan fingerprint density at radius 3 is 2.30 bits per heavy atom. The van der Waals surface area contributed by atoms with E-state index in [2.05, 4.69) is 29.5 Å². The second-order valence-corrected chi connectivity index (χ2v) is 8.90. The molecule has 6 nitrogen and oxygen atoms in total. The molecule has 1 aromatic carbocycles. The summed E-state index contributed by atoms with van der Waals surface area (Å²) < 4.78 is 25.4. The van der Waals surface area contributed by atoms with Crippen LogP contribution in [0.15, 0.2) is 34.2 Å². The third kappa shape index (κ3) is 9.25. The maximum Gasteiger partial charge on any atom is 0.242 e. The molecule has 0 heterocycles. The minimum atomic E-state index is -3.38. The largest absolute Gasteiger partial charge is 0.354 e. The third-order valence-electron chi connectivity index (χ3n) is 4.26. The van der Waals surface area contributed by atoms with Crippen molar-refractivity contribution in [2.24, 2.45) is 4.99 Å². The summed E-state index contributed by atoms with van der Waals surface area (Å²) in [5, 5.41) is 6.68. The summed E-state index contributed by atoms with van der Waals surface area (Å²) in [5.74, 6) is 0.762. The van der Waals surface area contributed by atoms with E-state index in [1.54, 1.807) is 19.2 Å². The van der Waals surface area contributed by atoms with Crippen LogP contribution in [0.3, 0.4) is 0 Å². The standard InChI is InChI=1S/C19H34N4O2S.HI/c1-6-7-8-9-10-16(2)22-19(20-3)21-15-17-11-13-18(14-12-17)26(24,25)23(4)5;/h11-14,16H,6-10,15H2,1-5H3,(H2,20,21,22);1H. The van der Waals surface area contributed by atoms with Crippen molar-refractivity contribution in [2.75, 3.05) is 21.1 Å². The van der Waals surface area contributed by atoms with Gasteiger partial charge in [-0.05, 0) is 31.0 Å². The number of benzene rings is 1. The van der Waals surface area contributed by atoms with Gasteiger partial charge in [0.15, 0.2) is 5.96 Å². The van der Waals surface area contributed by atoms with Gasteiger partial charge in [-0.1, -0.05) is 44.7 Å². The lowest BCUT2D eigenvalue weighted by atomic mass is 10.1. The van der Waals surface area contributed by atoms with E-state index in [4.69, 9.17) is 0 Å². The van der Waals surface area contributed by atoms with E-state index in [1.165, 1.54) is 44.1 Å². The first-order valence-electron chi connectivity index (χ1n) is 9.30. The van der Waals surface area contributed by atoms with Crippen LogP contribution in [0.5, 0.6) is 0 Å². The van der Waals surface area contributed by atoms with E-state index in [0.717, 1.165) is 17.9 Å². The normalized spacial score (nSPS) is 13.2. The second-order valence-electron chi connectivity index (χ2n) is 6.75. The van der Waals surface area contributed by atoms with Crippen molar-refractivity contribution in [1.29, 1.82) is 0 Å². The summed E-state index contributed by atoms with van der Waals surface area (Å²) in [6, 6.07) is 7.29. The van der Waals surface area contributed by atoms with E-state index in [1.807, 2.05) is 12.1 Å². The second kappa shape index (κ2) is 13.3. The lowest BCUT2D eigenvalue weighted by molar-refractivity contribution is 0.520. The van der Waals surface area contributed by atoms with Crippen LogP contribution in [-0.4, -0.2) is 45.9 Å². The van der Waals surface area contributed by atoms with Crippen LogP contribution >= 0.6 is 24.0 Å². The van der Waals surface area contributed by atoms with Gasteiger partial charge >= 0.3 is 0 Å². The van der Waals surface area contributed by atoms with E-state index in [0.29, 0.717) is 17.5 Å². The number of hydrogen-bond acceptors (Lipinski definition) is 3. The first kappa shape index (κ1) is 26.1. The van der Waals surface area contributed by atoms with Crippen molar-refractivity contribution in [3.05, 3.63) is 29.8 Å². The van der Waals surface area contributed by atoms with E-state index in [9.17, 15) is 8.42 Å². The van der Waals surface area contributed by atoms with Crippen LogP contribution in [-0.2, 0) is 16.6 Å². The highest BCUT2D eigenvalue weighted by molar-refractivity contribution is 14.0. The quantitative estimate of drug-likeness (QED) is 0.219. The number of sulfonamides is 1. The summed E-state index contributed by atoms with van der Waals surface area (Å²) in [4.78, 5) is 4.56. The number of guanidine groups is 1. The molecule has 0 fully saturated rings. The highest BCUT2D eigenvalue weighted by atomic mass is 127. The zero-order valence-corrected chi connectivity index (χ0v) is 20.3. The third-order valence-corrected chi connectivity index (χ3v) is 6.09. The first-order chi connectivity index (χ1) is 12.3. The fourth-order valence-electron chi connectivity index (χ4n) is 2.55. The minimum absolute atomic E-state index is 0. The summed E-state index contributed by atoms with van der Waals surface area (Å²) >= 11 is 0. The number of aliphatic imine (C=N–C) groups is 1. The monoisotopic (exact) mass is 510 g/mol. The number of rotatable bonds is 10. The molecular formula is C19H35IN4O2S. The Balaban J connectivity index is 0.00000676. The van der Waals surface area contributed by atoms with Gasteiger partial charge in [-0.15, -0.1) is 24.0 Å². The lowest BCUT2D eigenvalue weighted by Gasteiger charge is -2.18. The van der Waals surface area contributed by atoms with Gasteiger partial charge in [0.2, 0.25) is 10.0 Å². The van der Waals surface area contributed by atoms with Gasteiger partial charge in [0.05, 0.1) is 4.90 Å². The zero-order valence-electron chi connectivity index (χ0n) is 17.2. The summed E-state index contributed by atoms with van der Waals surface area (Å²) in [6.07, 6.45) is 6.16. The Kier molecular flexibility index (Phi) is 12.9. The Bertz CT molecular complexity index is 661. The molecule has 0 aliphatic heterocycles. The molecule has 0 aromatic heterocycles. The maximum atomic E-state index is 12.1. The molecule has 2 N–H and O–H groups in total. The molecule has 0 saturated carbocycles. The molecule has 1 aromatic rings. The van der Waals surface area contributed by atoms with E-state index >= 15 is 0 Å². The van der Waals surface area contributed by atoms with Crippen LogP contribution in [0.4, 0.5) is 0 Å². The van der Waals surface area contributed by atoms with Gasteiger partial charge in [-0.3, -0.25) is 4.99 Å². The lowest BCUT2D eigenvalue weighted by Crippen LogP contribution is -2.41. The van der Waals surface area contributed by atoms with Crippen molar-refractivity contribution < 1.29 is 8.42 Å². The highest BCUT2D eigenvalue weighted by Crippen LogP contribution is 2.14. The smallest absolute Gasteiger partial charge is 0.242 e. The highest BCUT2D eigenvalue weighted by Gasteiger charge is 2.16. The molecule has 1 unspecified atom stereocenters. The van der Waals surface area contributed by atoms with Gasteiger partial charge in [-0.25, -0.2) is 12.7 Å². The topological polar surface area (TPSA) is 73.8 Å². The summed E-state index contributed by atoms with van der Waals surface area (Å²) in [6.45, 7) is 4.97. The molecule has 0 saturated heterocycles. The van der Waals surface area contributed by atoms with Crippen molar-refractivity contribution >= 4 is 40.0 Å². The summed E-state index contributed by atoms with van der Waals surface area (Å²) in [7, 11) is 1.44. The van der Waals surface area contributed by atoms with Crippen molar-refractivity contribution in [1.82, 2.24) is 14.9 Å².